The van der Waals surface area contributed by atoms with E-state index in [1.165, 1.54) is 74.5 Å². The molecule has 0 amide bonds. The third kappa shape index (κ3) is 8.84. The lowest BCUT2D eigenvalue weighted by molar-refractivity contribution is 0.133. The monoisotopic (exact) mass is 458 g/mol. The second-order valence-electron chi connectivity index (χ2n) is 13.1. The zero-order valence-electron chi connectivity index (χ0n) is 23.6. The van der Waals surface area contributed by atoms with Gasteiger partial charge in [0.25, 0.3) is 0 Å². The van der Waals surface area contributed by atoms with Crippen LogP contribution in [0.2, 0.25) is 0 Å². The standard InChI is InChI=1S/C31H54O2/c1-10-11-12-13-14-15-16-17-18-19-20-32-26-21-24(2)25-22-31(8,9)33-28(25)27(26)30(6,7)23-29(3,4)5/h21H,10-20,22-23H2,1-9H3. The molecule has 1 aromatic rings. The summed E-state index contributed by atoms with van der Waals surface area (Å²) in [5.41, 5.74) is 4.06. The number of hydrogen-bond donors (Lipinski definition) is 0. The number of unbranched alkanes of at least 4 members (excludes halogenated alkanes) is 9. The van der Waals surface area contributed by atoms with Crippen molar-refractivity contribution in [2.24, 2.45) is 5.41 Å². The van der Waals surface area contributed by atoms with E-state index in [4.69, 9.17) is 9.47 Å². The van der Waals surface area contributed by atoms with Crippen LogP contribution in [0.25, 0.3) is 0 Å². The van der Waals surface area contributed by atoms with Gasteiger partial charge in [-0.05, 0) is 56.1 Å². The molecule has 0 N–H and O–H groups in total. The lowest BCUT2D eigenvalue weighted by Crippen LogP contribution is -2.28. The van der Waals surface area contributed by atoms with Gasteiger partial charge in [-0.25, -0.2) is 0 Å². The highest BCUT2D eigenvalue weighted by molar-refractivity contribution is 5.59. The fourth-order valence-corrected chi connectivity index (χ4v) is 5.81. The molecule has 0 atom stereocenters. The number of ether oxygens (including phenoxy) is 2. The van der Waals surface area contributed by atoms with Gasteiger partial charge in [0.15, 0.2) is 0 Å². The van der Waals surface area contributed by atoms with Gasteiger partial charge < -0.3 is 9.47 Å². The van der Waals surface area contributed by atoms with Gasteiger partial charge in [-0.2, -0.15) is 0 Å². The maximum atomic E-state index is 6.57. The molecule has 2 rings (SSSR count). The second kappa shape index (κ2) is 12.0. The average molecular weight is 459 g/mol. The highest BCUT2D eigenvalue weighted by Crippen LogP contribution is 2.51. The summed E-state index contributed by atoms with van der Waals surface area (Å²) >= 11 is 0. The van der Waals surface area contributed by atoms with Crippen LogP contribution >= 0.6 is 0 Å². The Morgan fingerprint density at radius 2 is 1.42 bits per heavy atom. The van der Waals surface area contributed by atoms with Gasteiger partial charge in [-0.1, -0.05) is 99.3 Å². The molecular formula is C31H54O2. The fraction of sp³-hybridized carbons (Fsp3) is 0.806. The first kappa shape index (κ1) is 28.1. The summed E-state index contributed by atoms with van der Waals surface area (Å²) in [6.07, 6.45) is 15.6. The Bertz CT molecular complexity index is 736. The van der Waals surface area contributed by atoms with E-state index in [0.29, 0.717) is 0 Å². The van der Waals surface area contributed by atoms with Crippen molar-refractivity contribution in [2.75, 3.05) is 6.61 Å². The number of benzene rings is 1. The topological polar surface area (TPSA) is 18.5 Å². The summed E-state index contributed by atoms with van der Waals surface area (Å²) in [6.45, 7) is 21.4. The Morgan fingerprint density at radius 1 is 0.879 bits per heavy atom. The van der Waals surface area contributed by atoms with E-state index >= 15 is 0 Å². The molecule has 0 aliphatic carbocycles. The van der Waals surface area contributed by atoms with Gasteiger partial charge in [0, 0.05) is 17.5 Å². The van der Waals surface area contributed by atoms with Crippen molar-refractivity contribution in [3.05, 3.63) is 22.8 Å². The smallest absolute Gasteiger partial charge is 0.131 e. The highest BCUT2D eigenvalue weighted by atomic mass is 16.5. The van der Waals surface area contributed by atoms with E-state index in [1.807, 2.05) is 0 Å². The number of hydrogen-bond acceptors (Lipinski definition) is 2. The van der Waals surface area contributed by atoms with Crippen LogP contribution in [0.4, 0.5) is 0 Å². The van der Waals surface area contributed by atoms with E-state index in [-0.39, 0.29) is 16.4 Å². The normalized spacial score (nSPS) is 15.4. The fourth-order valence-electron chi connectivity index (χ4n) is 5.81. The predicted molar refractivity (Wildman–Crippen MR) is 144 cm³/mol. The maximum absolute atomic E-state index is 6.57. The van der Waals surface area contributed by atoms with E-state index < -0.39 is 0 Å². The Morgan fingerprint density at radius 3 is 1.97 bits per heavy atom. The van der Waals surface area contributed by atoms with Crippen LogP contribution in [0.3, 0.4) is 0 Å². The molecule has 0 unspecified atom stereocenters. The van der Waals surface area contributed by atoms with Gasteiger partial charge in [0.05, 0.1) is 6.61 Å². The van der Waals surface area contributed by atoms with Crippen LogP contribution in [-0.2, 0) is 11.8 Å². The van der Waals surface area contributed by atoms with Gasteiger partial charge in [0.1, 0.15) is 17.1 Å². The number of rotatable bonds is 14. The molecule has 0 aromatic heterocycles. The summed E-state index contributed by atoms with van der Waals surface area (Å²) in [7, 11) is 0. The van der Waals surface area contributed by atoms with Crippen LogP contribution in [0.5, 0.6) is 11.5 Å². The van der Waals surface area contributed by atoms with Crippen molar-refractivity contribution >= 4 is 0 Å². The van der Waals surface area contributed by atoms with Crippen LogP contribution in [0.1, 0.15) is 143 Å². The van der Waals surface area contributed by atoms with Crippen LogP contribution in [0, 0.1) is 12.3 Å². The summed E-state index contributed by atoms with van der Waals surface area (Å²) in [5, 5.41) is 0. The second-order valence-corrected chi connectivity index (χ2v) is 13.1. The Kier molecular flexibility index (Phi) is 10.2. The number of fused-ring (bicyclic) bond motifs is 1. The van der Waals surface area contributed by atoms with E-state index in [2.05, 4.69) is 68.4 Å². The number of aryl methyl sites for hydroxylation is 1. The molecule has 2 heteroatoms. The molecule has 0 spiro atoms. The van der Waals surface area contributed by atoms with Gasteiger partial charge in [-0.3, -0.25) is 0 Å². The third-order valence-electron chi connectivity index (χ3n) is 6.96. The van der Waals surface area contributed by atoms with Gasteiger partial charge in [0.2, 0.25) is 0 Å². The Hall–Kier alpha value is -1.18. The molecular weight excluding hydrogens is 404 g/mol. The lowest BCUT2D eigenvalue weighted by atomic mass is 9.71. The van der Waals surface area contributed by atoms with Crippen molar-refractivity contribution in [3.8, 4) is 11.5 Å². The SMILES string of the molecule is CCCCCCCCCCCCOc1cc(C)c2c(c1C(C)(C)CC(C)(C)C)OC(C)(C)C2. The molecule has 1 aliphatic rings. The zero-order chi connectivity index (χ0) is 24.7. The predicted octanol–water partition coefficient (Wildman–Crippen LogP) is 9.72. The average Bonchev–Trinajstić information content (AvgIpc) is 2.99. The quantitative estimate of drug-likeness (QED) is 0.258. The van der Waals surface area contributed by atoms with E-state index in [1.54, 1.807) is 0 Å². The molecule has 0 saturated carbocycles. The summed E-state index contributed by atoms with van der Waals surface area (Å²) in [4.78, 5) is 0. The van der Waals surface area contributed by atoms with Crippen molar-refractivity contribution in [3.63, 3.8) is 0 Å². The minimum atomic E-state index is -0.144. The molecule has 0 bridgehead atoms. The van der Waals surface area contributed by atoms with Crippen LogP contribution in [-0.4, -0.2) is 12.2 Å². The van der Waals surface area contributed by atoms with Crippen molar-refractivity contribution < 1.29 is 9.47 Å². The third-order valence-corrected chi connectivity index (χ3v) is 6.96. The van der Waals surface area contributed by atoms with Crippen LogP contribution in [0.15, 0.2) is 6.07 Å². The van der Waals surface area contributed by atoms with Crippen molar-refractivity contribution in [2.45, 2.75) is 150 Å². The van der Waals surface area contributed by atoms with E-state index in [0.717, 1.165) is 37.4 Å². The van der Waals surface area contributed by atoms with Crippen molar-refractivity contribution in [1.82, 2.24) is 0 Å². The van der Waals surface area contributed by atoms with Gasteiger partial charge in [-0.15, -0.1) is 0 Å². The summed E-state index contributed by atoms with van der Waals surface area (Å²) < 4.78 is 13.1. The Balaban J connectivity index is 2.00. The molecule has 1 aliphatic heterocycles. The molecule has 2 nitrogen and oxygen atoms in total. The summed E-state index contributed by atoms with van der Waals surface area (Å²) in [6, 6.07) is 2.29. The minimum absolute atomic E-state index is 0.0104. The molecule has 190 valence electrons. The maximum Gasteiger partial charge on any atom is 0.131 e. The molecule has 0 saturated heterocycles. The van der Waals surface area contributed by atoms with Gasteiger partial charge >= 0.3 is 0 Å². The Labute approximate surface area is 206 Å². The zero-order valence-corrected chi connectivity index (χ0v) is 23.6. The summed E-state index contributed by atoms with van der Waals surface area (Å²) in [5.74, 6) is 2.15. The van der Waals surface area contributed by atoms with E-state index in [9.17, 15) is 0 Å². The minimum Gasteiger partial charge on any atom is -0.493 e. The first-order valence-electron chi connectivity index (χ1n) is 13.8. The molecule has 1 aromatic carbocycles. The van der Waals surface area contributed by atoms with Crippen LogP contribution < -0.4 is 9.47 Å². The lowest BCUT2D eigenvalue weighted by Gasteiger charge is -2.35. The first-order chi connectivity index (χ1) is 15.4. The first-order valence-corrected chi connectivity index (χ1v) is 13.8. The molecule has 1 heterocycles. The highest BCUT2D eigenvalue weighted by Gasteiger charge is 2.40. The molecule has 33 heavy (non-hydrogen) atoms. The van der Waals surface area contributed by atoms with Crippen molar-refractivity contribution in [1.29, 1.82) is 0 Å². The molecule has 0 radical (unpaired) electrons. The largest absolute Gasteiger partial charge is 0.493 e. The molecule has 0 fully saturated rings.